The first-order chi connectivity index (χ1) is 11.7. The first kappa shape index (κ1) is 13.7. The van der Waals surface area contributed by atoms with Gasteiger partial charge in [0.1, 0.15) is 0 Å². The maximum absolute atomic E-state index is 13.1. The number of hydrogen-bond donors (Lipinski definition) is 2. The molecule has 0 aliphatic heterocycles. The smallest absolute Gasteiger partial charge is 0.256 e. The highest BCUT2D eigenvalue weighted by molar-refractivity contribution is 6.27. The summed E-state index contributed by atoms with van der Waals surface area (Å²) in [5, 5.41) is 4.77. The molecule has 24 heavy (non-hydrogen) atoms. The van der Waals surface area contributed by atoms with Crippen molar-refractivity contribution >= 4 is 16.6 Å². The molecular weight excluding hydrogens is 300 g/mol. The zero-order valence-electron chi connectivity index (χ0n) is 13.1. The minimum absolute atomic E-state index is 0.0145. The summed E-state index contributed by atoms with van der Waals surface area (Å²) in [5.74, 6) is 0.0145. The number of H-pyrrole nitrogens is 1. The Hall–Kier alpha value is -2.72. The van der Waals surface area contributed by atoms with Crippen molar-refractivity contribution in [3.63, 3.8) is 0 Å². The minimum Gasteiger partial charge on any atom is -0.321 e. The van der Waals surface area contributed by atoms with Gasteiger partial charge in [-0.1, -0.05) is 36.4 Å². The van der Waals surface area contributed by atoms with Crippen LogP contribution in [-0.4, -0.2) is 16.8 Å². The van der Waals surface area contributed by atoms with E-state index in [0.29, 0.717) is 29.2 Å². The van der Waals surface area contributed by atoms with Gasteiger partial charge >= 0.3 is 0 Å². The summed E-state index contributed by atoms with van der Waals surface area (Å²) >= 11 is 0. The van der Waals surface area contributed by atoms with E-state index >= 15 is 0 Å². The summed E-state index contributed by atoms with van der Waals surface area (Å²) in [6.07, 6.45) is 2.42. The summed E-state index contributed by atoms with van der Waals surface area (Å²) < 4.78 is 0. The standard InChI is InChI=1S/C20H16N2O2/c23-19-16-11(10-21-12-8-9-12)4-3-7-15(16)18-17(19)13-5-1-2-6-14(13)20(24)22-18/h1-7,12,21H,8-10H2,(H,22,24). The highest BCUT2D eigenvalue weighted by atomic mass is 16.1. The molecule has 2 N–H and O–H groups in total. The van der Waals surface area contributed by atoms with Crippen molar-refractivity contribution in [3.8, 4) is 11.3 Å². The maximum Gasteiger partial charge on any atom is 0.256 e. The number of fused-ring (bicyclic) bond motifs is 5. The Kier molecular flexibility index (Phi) is 2.79. The van der Waals surface area contributed by atoms with Crippen LogP contribution in [0.1, 0.15) is 34.3 Å². The number of nitrogens with one attached hydrogen (secondary N) is 2. The predicted molar refractivity (Wildman–Crippen MR) is 93.3 cm³/mol. The van der Waals surface area contributed by atoms with Gasteiger partial charge in [-0.05, 0) is 24.5 Å². The van der Waals surface area contributed by atoms with Crippen LogP contribution in [-0.2, 0) is 6.54 Å². The van der Waals surface area contributed by atoms with Crippen LogP contribution >= 0.6 is 0 Å². The normalized spacial score (nSPS) is 15.6. The fourth-order valence-corrected chi connectivity index (χ4v) is 3.61. The van der Waals surface area contributed by atoms with E-state index in [1.54, 1.807) is 6.07 Å². The van der Waals surface area contributed by atoms with Gasteiger partial charge in [0, 0.05) is 34.5 Å². The van der Waals surface area contributed by atoms with Crippen molar-refractivity contribution in [3.05, 3.63) is 69.5 Å². The van der Waals surface area contributed by atoms with Crippen molar-refractivity contribution in [1.29, 1.82) is 0 Å². The number of carbonyl (C=O) groups is 1. The van der Waals surface area contributed by atoms with E-state index in [-0.39, 0.29) is 11.3 Å². The van der Waals surface area contributed by atoms with Gasteiger partial charge in [0.2, 0.25) is 0 Å². The van der Waals surface area contributed by atoms with Crippen molar-refractivity contribution in [2.24, 2.45) is 0 Å². The van der Waals surface area contributed by atoms with Gasteiger partial charge in [0.15, 0.2) is 5.78 Å². The number of pyridine rings is 1. The molecule has 4 nitrogen and oxygen atoms in total. The second-order valence-electron chi connectivity index (χ2n) is 6.57. The molecule has 0 saturated heterocycles. The van der Waals surface area contributed by atoms with Gasteiger partial charge in [0.05, 0.1) is 11.3 Å². The molecule has 0 amide bonds. The molecule has 0 unspecified atom stereocenters. The quantitative estimate of drug-likeness (QED) is 0.611. The monoisotopic (exact) mass is 316 g/mol. The van der Waals surface area contributed by atoms with Gasteiger partial charge in [-0.3, -0.25) is 9.59 Å². The highest BCUT2D eigenvalue weighted by Gasteiger charge is 2.32. The molecule has 2 aliphatic rings. The number of aromatic nitrogens is 1. The second-order valence-corrected chi connectivity index (χ2v) is 6.57. The molecule has 0 atom stereocenters. The van der Waals surface area contributed by atoms with Crippen LogP contribution in [0.15, 0.2) is 47.3 Å². The molecular formula is C20H16N2O2. The van der Waals surface area contributed by atoms with Crippen LogP contribution in [0.5, 0.6) is 0 Å². The molecule has 0 bridgehead atoms. The largest absolute Gasteiger partial charge is 0.321 e. The molecule has 2 aliphatic carbocycles. The molecule has 1 saturated carbocycles. The maximum atomic E-state index is 13.1. The molecule has 1 heterocycles. The number of aromatic amines is 1. The van der Waals surface area contributed by atoms with Crippen LogP contribution in [0.3, 0.4) is 0 Å². The molecule has 3 aromatic rings. The van der Waals surface area contributed by atoms with Crippen LogP contribution in [0.4, 0.5) is 0 Å². The number of benzene rings is 2. The Balaban J connectivity index is 1.74. The third kappa shape index (κ3) is 1.90. The van der Waals surface area contributed by atoms with E-state index in [2.05, 4.69) is 10.3 Å². The van der Waals surface area contributed by atoms with E-state index in [1.807, 2.05) is 36.4 Å². The first-order valence-electron chi connectivity index (χ1n) is 8.29. The molecule has 1 fully saturated rings. The van der Waals surface area contributed by atoms with Gasteiger partial charge in [-0.2, -0.15) is 0 Å². The summed E-state index contributed by atoms with van der Waals surface area (Å²) in [6.45, 7) is 0.690. The third-order valence-corrected chi connectivity index (χ3v) is 4.96. The summed E-state index contributed by atoms with van der Waals surface area (Å²) in [4.78, 5) is 28.5. The zero-order valence-corrected chi connectivity index (χ0v) is 13.1. The third-order valence-electron chi connectivity index (χ3n) is 4.96. The van der Waals surface area contributed by atoms with E-state index in [4.69, 9.17) is 0 Å². The number of ketones is 1. The van der Waals surface area contributed by atoms with Gasteiger partial charge < -0.3 is 10.3 Å². The average Bonchev–Trinajstić information content (AvgIpc) is 3.39. The van der Waals surface area contributed by atoms with Crippen molar-refractivity contribution in [2.75, 3.05) is 0 Å². The lowest BCUT2D eigenvalue weighted by atomic mass is 10.0. The minimum atomic E-state index is -0.147. The van der Waals surface area contributed by atoms with E-state index in [1.165, 1.54) is 12.8 Å². The summed E-state index contributed by atoms with van der Waals surface area (Å²) in [6, 6.07) is 13.8. The first-order valence-corrected chi connectivity index (χ1v) is 8.29. The Labute approximate surface area is 138 Å². The van der Waals surface area contributed by atoms with Crippen LogP contribution < -0.4 is 10.9 Å². The second kappa shape index (κ2) is 4.89. The van der Waals surface area contributed by atoms with E-state index in [0.717, 1.165) is 22.1 Å². The van der Waals surface area contributed by atoms with E-state index in [9.17, 15) is 9.59 Å². The molecule has 0 spiro atoms. The molecule has 2 aromatic carbocycles. The van der Waals surface area contributed by atoms with Crippen LogP contribution in [0.2, 0.25) is 0 Å². The Bertz CT molecular complexity index is 1060. The summed E-state index contributed by atoms with van der Waals surface area (Å²) in [5.41, 5.74) is 3.71. The fourth-order valence-electron chi connectivity index (χ4n) is 3.61. The van der Waals surface area contributed by atoms with Crippen LogP contribution in [0, 0.1) is 0 Å². The Morgan fingerprint density at radius 1 is 0.958 bits per heavy atom. The lowest BCUT2D eigenvalue weighted by Crippen LogP contribution is -2.17. The van der Waals surface area contributed by atoms with Gasteiger partial charge in [-0.25, -0.2) is 0 Å². The molecule has 118 valence electrons. The van der Waals surface area contributed by atoms with Crippen molar-refractivity contribution in [1.82, 2.24) is 10.3 Å². The average molecular weight is 316 g/mol. The Morgan fingerprint density at radius 3 is 2.54 bits per heavy atom. The van der Waals surface area contributed by atoms with Crippen molar-refractivity contribution in [2.45, 2.75) is 25.4 Å². The SMILES string of the molecule is O=C1c2c(CNC3CC3)cccc2-c2[nH]c(=O)c3ccccc3c21. The van der Waals surface area contributed by atoms with Crippen LogP contribution in [0.25, 0.3) is 22.0 Å². The van der Waals surface area contributed by atoms with E-state index < -0.39 is 0 Å². The predicted octanol–water partition coefficient (Wildman–Crippen LogP) is 2.99. The highest BCUT2D eigenvalue weighted by Crippen LogP contribution is 2.39. The topological polar surface area (TPSA) is 62.0 Å². The number of hydrogen-bond acceptors (Lipinski definition) is 3. The lowest BCUT2D eigenvalue weighted by Gasteiger charge is -2.08. The Morgan fingerprint density at radius 2 is 1.75 bits per heavy atom. The van der Waals surface area contributed by atoms with Gasteiger partial charge in [0.25, 0.3) is 5.56 Å². The molecule has 5 rings (SSSR count). The lowest BCUT2D eigenvalue weighted by molar-refractivity contribution is 0.104. The van der Waals surface area contributed by atoms with Gasteiger partial charge in [-0.15, -0.1) is 0 Å². The molecule has 4 heteroatoms. The number of rotatable bonds is 3. The molecule has 0 radical (unpaired) electrons. The molecule has 1 aromatic heterocycles. The summed E-state index contributed by atoms with van der Waals surface area (Å²) in [7, 11) is 0. The van der Waals surface area contributed by atoms with Crippen molar-refractivity contribution < 1.29 is 4.79 Å². The fraction of sp³-hybridized carbons (Fsp3) is 0.200. The number of carbonyl (C=O) groups excluding carboxylic acids is 1. The zero-order chi connectivity index (χ0) is 16.3.